The van der Waals surface area contributed by atoms with Crippen LogP contribution in [0.4, 0.5) is 11.5 Å². The van der Waals surface area contributed by atoms with Crippen LogP contribution in [0.2, 0.25) is 5.02 Å². The van der Waals surface area contributed by atoms with Crippen LogP contribution >= 0.6 is 11.6 Å². The van der Waals surface area contributed by atoms with E-state index in [9.17, 15) is 10.1 Å². The maximum Gasteiger partial charge on any atom is 0.274 e. The summed E-state index contributed by atoms with van der Waals surface area (Å²) in [6.45, 7) is 0.244. The van der Waals surface area contributed by atoms with Crippen LogP contribution in [0.3, 0.4) is 0 Å². The highest BCUT2D eigenvalue weighted by atomic mass is 35.5. The third-order valence-electron chi connectivity index (χ3n) is 3.31. The first-order valence-electron chi connectivity index (χ1n) is 6.49. The molecule has 8 heteroatoms. The van der Waals surface area contributed by atoms with Crippen LogP contribution < -0.4 is 5.32 Å². The standard InChI is InChI=1S/C14H12ClN5O2/c1-19-8-18-11-4-5-16-14(13(11)19)17-7-9-6-10(15)2-3-12(9)20(21)22/h2-6,8H,7H2,1H3,(H,16,17). The normalized spacial score (nSPS) is 10.8. The molecule has 0 atom stereocenters. The number of pyridine rings is 1. The molecule has 2 heterocycles. The minimum atomic E-state index is -0.425. The van der Waals surface area contributed by atoms with Gasteiger partial charge in [-0.25, -0.2) is 9.97 Å². The monoisotopic (exact) mass is 317 g/mol. The summed E-state index contributed by atoms with van der Waals surface area (Å²) in [6.07, 6.45) is 3.34. The van der Waals surface area contributed by atoms with Gasteiger partial charge in [0.25, 0.3) is 5.69 Å². The lowest BCUT2D eigenvalue weighted by Crippen LogP contribution is -2.05. The molecule has 1 aromatic carbocycles. The Morgan fingerprint density at radius 2 is 2.18 bits per heavy atom. The van der Waals surface area contributed by atoms with Gasteiger partial charge >= 0.3 is 0 Å². The molecule has 0 saturated heterocycles. The lowest BCUT2D eigenvalue weighted by atomic mass is 10.2. The highest BCUT2D eigenvalue weighted by molar-refractivity contribution is 6.30. The number of hydrogen-bond donors (Lipinski definition) is 1. The third kappa shape index (κ3) is 2.58. The molecular weight excluding hydrogens is 306 g/mol. The van der Waals surface area contributed by atoms with Gasteiger partial charge < -0.3 is 9.88 Å². The number of imidazole rings is 1. The van der Waals surface area contributed by atoms with Gasteiger partial charge in [-0.2, -0.15) is 0 Å². The second-order valence-electron chi connectivity index (χ2n) is 4.77. The van der Waals surface area contributed by atoms with Crippen LogP contribution in [0.1, 0.15) is 5.56 Å². The van der Waals surface area contributed by atoms with Crippen molar-refractivity contribution in [3.63, 3.8) is 0 Å². The van der Waals surface area contributed by atoms with E-state index in [-0.39, 0.29) is 12.2 Å². The molecule has 22 heavy (non-hydrogen) atoms. The van der Waals surface area contributed by atoms with Crippen molar-refractivity contribution in [2.45, 2.75) is 6.54 Å². The summed E-state index contributed by atoms with van der Waals surface area (Å²) in [6, 6.07) is 6.29. The first-order chi connectivity index (χ1) is 10.6. The number of nitro benzene ring substituents is 1. The first kappa shape index (κ1) is 14.3. The Bertz CT molecular complexity index is 862. The van der Waals surface area contributed by atoms with Crippen LogP contribution in [-0.4, -0.2) is 19.5 Å². The first-order valence-corrected chi connectivity index (χ1v) is 6.87. The Hall–Kier alpha value is -2.67. The van der Waals surface area contributed by atoms with Crippen molar-refractivity contribution in [2.24, 2.45) is 7.05 Å². The summed E-state index contributed by atoms with van der Waals surface area (Å²) >= 11 is 5.93. The van der Waals surface area contributed by atoms with Crippen molar-refractivity contribution in [1.82, 2.24) is 14.5 Å². The van der Waals surface area contributed by atoms with Crippen molar-refractivity contribution in [2.75, 3.05) is 5.32 Å². The summed E-state index contributed by atoms with van der Waals surface area (Å²) in [7, 11) is 1.87. The zero-order valence-corrected chi connectivity index (χ0v) is 12.4. The minimum absolute atomic E-state index is 0.0223. The average molecular weight is 318 g/mol. The quantitative estimate of drug-likeness (QED) is 0.590. The lowest BCUT2D eigenvalue weighted by molar-refractivity contribution is -0.385. The minimum Gasteiger partial charge on any atom is -0.364 e. The molecule has 0 unspecified atom stereocenters. The van der Waals surface area contributed by atoms with E-state index in [1.165, 1.54) is 12.1 Å². The molecule has 3 aromatic rings. The molecule has 7 nitrogen and oxygen atoms in total. The fourth-order valence-corrected chi connectivity index (χ4v) is 2.48. The van der Waals surface area contributed by atoms with Crippen molar-refractivity contribution < 1.29 is 4.92 Å². The van der Waals surface area contributed by atoms with Gasteiger partial charge in [0.2, 0.25) is 0 Å². The molecule has 3 rings (SSSR count). The summed E-state index contributed by atoms with van der Waals surface area (Å²) in [5, 5.41) is 14.6. The number of benzene rings is 1. The van der Waals surface area contributed by atoms with Crippen molar-refractivity contribution in [3.8, 4) is 0 Å². The maximum atomic E-state index is 11.1. The van der Waals surface area contributed by atoms with Crippen LogP contribution in [0.15, 0.2) is 36.8 Å². The predicted octanol–water partition coefficient (Wildman–Crippen LogP) is 3.14. The van der Waals surface area contributed by atoms with E-state index in [2.05, 4.69) is 15.3 Å². The van der Waals surface area contributed by atoms with E-state index in [1.54, 1.807) is 18.6 Å². The second kappa shape index (κ2) is 5.61. The van der Waals surface area contributed by atoms with Gasteiger partial charge in [0.05, 0.1) is 22.3 Å². The Morgan fingerprint density at radius 1 is 1.36 bits per heavy atom. The van der Waals surface area contributed by atoms with E-state index in [4.69, 9.17) is 11.6 Å². The molecule has 0 saturated carbocycles. The number of aromatic nitrogens is 3. The molecule has 0 aliphatic heterocycles. The van der Waals surface area contributed by atoms with Crippen LogP contribution in [0.5, 0.6) is 0 Å². The van der Waals surface area contributed by atoms with Gasteiger partial charge in [-0.05, 0) is 18.2 Å². The highest BCUT2D eigenvalue weighted by Gasteiger charge is 2.15. The molecule has 0 amide bonds. The molecule has 1 N–H and O–H groups in total. The maximum absolute atomic E-state index is 11.1. The van der Waals surface area contributed by atoms with Gasteiger partial charge in [0.1, 0.15) is 5.52 Å². The van der Waals surface area contributed by atoms with Crippen molar-refractivity contribution >= 4 is 34.1 Å². The third-order valence-corrected chi connectivity index (χ3v) is 3.55. The molecule has 0 aliphatic carbocycles. The fraction of sp³-hybridized carbons (Fsp3) is 0.143. The van der Waals surface area contributed by atoms with Crippen molar-refractivity contribution in [3.05, 3.63) is 57.5 Å². The SMILES string of the molecule is Cn1cnc2ccnc(NCc3cc(Cl)ccc3[N+](=O)[O-])c21. The zero-order valence-electron chi connectivity index (χ0n) is 11.7. The Balaban J connectivity index is 1.93. The van der Waals surface area contributed by atoms with Gasteiger partial charge in [-0.1, -0.05) is 11.6 Å². The molecule has 0 radical (unpaired) electrons. The molecule has 2 aromatic heterocycles. The van der Waals surface area contributed by atoms with E-state index in [1.807, 2.05) is 17.7 Å². The molecule has 0 bridgehead atoms. The van der Waals surface area contributed by atoms with Crippen molar-refractivity contribution in [1.29, 1.82) is 0 Å². The summed E-state index contributed by atoms with van der Waals surface area (Å²) < 4.78 is 1.84. The molecular formula is C14H12ClN5O2. The second-order valence-corrected chi connectivity index (χ2v) is 5.20. The zero-order chi connectivity index (χ0) is 15.7. The number of fused-ring (bicyclic) bond motifs is 1. The Kier molecular flexibility index (Phi) is 3.64. The van der Waals surface area contributed by atoms with E-state index in [0.29, 0.717) is 16.4 Å². The Labute approximate surface area is 130 Å². The number of nitro groups is 1. The van der Waals surface area contributed by atoms with Crippen LogP contribution in [0.25, 0.3) is 11.0 Å². The number of hydrogen-bond acceptors (Lipinski definition) is 5. The number of nitrogens with zero attached hydrogens (tertiary/aromatic N) is 4. The summed E-state index contributed by atoms with van der Waals surface area (Å²) in [4.78, 5) is 19.2. The molecule has 112 valence electrons. The summed E-state index contributed by atoms with van der Waals surface area (Å²) in [5.74, 6) is 0.617. The van der Waals surface area contributed by atoms with Gasteiger partial charge in [-0.3, -0.25) is 10.1 Å². The van der Waals surface area contributed by atoms with E-state index < -0.39 is 4.92 Å². The number of nitrogens with one attached hydrogen (secondary N) is 1. The number of aryl methyl sites for hydroxylation is 1. The predicted molar refractivity (Wildman–Crippen MR) is 83.9 cm³/mol. The van der Waals surface area contributed by atoms with Gasteiger partial charge in [0.15, 0.2) is 5.82 Å². The van der Waals surface area contributed by atoms with Gasteiger partial charge in [0, 0.05) is 30.9 Å². The lowest BCUT2D eigenvalue weighted by Gasteiger charge is -2.08. The largest absolute Gasteiger partial charge is 0.364 e. The van der Waals surface area contributed by atoms with E-state index >= 15 is 0 Å². The van der Waals surface area contributed by atoms with Gasteiger partial charge in [-0.15, -0.1) is 0 Å². The molecule has 0 fully saturated rings. The molecule has 0 spiro atoms. The fourth-order valence-electron chi connectivity index (χ4n) is 2.28. The number of halogens is 1. The highest BCUT2D eigenvalue weighted by Crippen LogP contribution is 2.25. The smallest absolute Gasteiger partial charge is 0.274 e. The Morgan fingerprint density at radius 3 is 2.95 bits per heavy atom. The molecule has 0 aliphatic rings. The number of anilines is 1. The van der Waals surface area contributed by atoms with E-state index in [0.717, 1.165) is 11.0 Å². The number of rotatable bonds is 4. The summed E-state index contributed by atoms with van der Waals surface area (Å²) in [5.41, 5.74) is 2.17. The van der Waals surface area contributed by atoms with Crippen LogP contribution in [-0.2, 0) is 13.6 Å². The average Bonchev–Trinajstić information content (AvgIpc) is 2.87. The van der Waals surface area contributed by atoms with Crippen LogP contribution in [0, 0.1) is 10.1 Å². The topological polar surface area (TPSA) is 85.9 Å².